The molecule has 4 rings (SSSR count). The van der Waals surface area contributed by atoms with Gasteiger partial charge in [0.05, 0.1) is 11.7 Å². The average molecular weight is 480 g/mol. The van der Waals surface area contributed by atoms with Crippen LogP contribution in [0.3, 0.4) is 0 Å². The first-order valence-corrected chi connectivity index (χ1v) is 12.5. The number of likely N-dealkylation sites (N-methyl/N-ethyl adjacent to an activating group) is 1. The largest absolute Gasteiger partial charge is 0.491 e. The quantitative estimate of drug-likeness (QED) is 0.698. The Kier molecular flexibility index (Phi) is 8.08. The number of nitrogens with one attached hydrogen (secondary N) is 1. The normalized spacial score (nSPS) is 24.1. The molecule has 0 unspecified atom stereocenters. The lowest BCUT2D eigenvalue weighted by molar-refractivity contribution is 0.00994. The van der Waals surface area contributed by atoms with Gasteiger partial charge in [-0.2, -0.15) is 0 Å². The number of amides is 2. The van der Waals surface area contributed by atoms with Gasteiger partial charge in [0.2, 0.25) is 0 Å². The van der Waals surface area contributed by atoms with Gasteiger partial charge in [0, 0.05) is 51.1 Å². The van der Waals surface area contributed by atoms with E-state index in [-0.39, 0.29) is 29.9 Å². The minimum absolute atomic E-state index is 0.0809. The lowest BCUT2D eigenvalue weighted by atomic mass is 10.0. The Labute approximate surface area is 208 Å². The van der Waals surface area contributed by atoms with Crippen LogP contribution in [0.5, 0.6) is 5.75 Å². The second-order valence-electron chi connectivity index (χ2n) is 10.0. The molecule has 0 radical (unpaired) electrons. The van der Waals surface area contributed by atoms with Gasteiger partial charge in [-0.1, -0.05) is 25.1 Å². The van der Waals surface area contributed by atoms with Crippen LogP contribution in [-0.4, -0.2) is 74.2 Å². The second-order valence-corrected chi connectivity index (χ2v) is 10.0. The topological polar surface area (TPSA) is 71.1 Å². The summed E-state index contributed by atoms with van der Waals surface area (Å²) in [5.74, 6) is 1.17. The van der Waals surface area contributed by atoms with Crippen LogP contribution in [0.2, 0.25) is 0 Å². The summed E-state index contributed by atoms with van der Waals surface area (Å²) in [5.41, 5.74) is 1.54. The summed E-state index contributed by atoms with van der Waals surface area (Å²) in [6.45, 7) is 7.30. The van der Waals surface area contributed by atoms with Gasteiger partial charge in [0.1, 0.15) is 12.4 Å². The number of carbonyl (C=O) groups excluding carboxylic acids is 2. The molecule has 1 heterocycles. The monoisotopic (exact) mass is 479 g/mol. The van der Waals surface area contributed by atoms with Gasteiger partial charge in [-0.3, -0.25) is 14.5 Å². The zero-order valence-electron chi connectivity index (χ0n) is 21.2. The Hall–Kier alpha value is -2.90. The van der Waals surface area contributed by atoms with Gasteiger partial charge in [0.25, 0.3) is 11.8 Å². The number of hydrogen-bond donors (Lipinski definition) is 1. The number of carbonyl (C=O) groups is 2. The molecule has 7 heteroatoms. The highest BCUT2D eigenvalue weighted by Gasteiger charge is 2.31. The highest BCUT2D eigenvalue weighted by molar-refractivity contribution is 6.05. The number of hydrogen-bond acceptors (Lipinski definition) is 5. The summed E-state index contributed by atoms with van der Waals surface area (Å²) in [6.07, 6.45) is 2.51. The van der Waals surface area contributed by atoms with Gasteiger partial charge in [-0.15, -0.1) is 0 Å². The molecule has 0 spiro atoms. The molecule has 2 aromatic carbocycles. The molecule has 7 nitrogen and oxygen atoms in total. The Balaban J connectivity index is 1.60. The van der Waals surface area contributed by atoms with Gasteiger partial charge in [-0.25, -0.2) is 0 Å². The summed E-state index contributed by atoms with van der Waals surface area (Å²) in [7, 11) is 3.50. The first-order valence-electron chi connectivity index (χ1n) is 12.5. The van der Waals surface area contributed by atoms with E-state index < -0.39 is 0 Å². The van der Waals surface area contributed by atoms with Crippen molar-refractivity contribution in [3.05, 3.63) is 59.7 Å². The van der Waals surface area contributed by atoms with Crippen LogP contribution in [0.15, 0.2) is 48.5 Å². The maximum Gasteiger partial charge on any atom is 0.257 e. The maximum atomic E-state index is 13.5. The van der Waals surface area contributed by atoms with Crippen molar-refractivity contribution in [3.8, 4) is 5.75 Å². The highest BCUT2D eigenvalue weighted by Crippen LogP contribution is 2.32. The van der Waals surface area contributed by atoms with Crippen LogP contribution in [0.25, 0.3) is 0 Å². The zero-order valence-corrected chi connectivity index (χ0v) is 21.2. The van der Waals surface area contributed by atoms with Crippen LogP contribution >= 0.6 is 0 Å². The number of ether oxygens (including phenoxy) is 2. The van der Waals surface area contributed by atoms with Crippen molar-refractivity contribution in [2.45, 2.75) is 38.8 Å². The Morgan fingerprint density at radius 1 is 1.11 bits per heavy atom. The van der Waals surface area contributed by atoms with Crippen LogP contribution in [-0.2, 0) is 4.74 Å². The molecule has 0 saturated heterocycles. The predicted molar refractivity (Wildman–Crippen MR) is 137 cm³/mol. The van der Waals surface area contributed by atoms with Crippen LogP contribution in [0, 0.1) is 11.8 Å². The van der Waals surface area contributed by atoms with E-state index in [0.29, 0.717) is 35.7 Å². The summed E-state index contributed by atoms with van der Waals surface area (Å²) in [4.78, 5) is 30.4. The van der Waals surface area contributed by atoms with E-state index in [4.69, 9.17) is 9.47 Å². The molecule has 2 aromatic rings. The third-order valence-corrected chi connectivity index (χ3v) is 7.06. The van der Waals surface area contributed by atoms with E-state index in [1.807, 2.05) is 18.2 Å². The van der Waals surface area contributed by atoms with E-state index in [9.17, 15) is 9.59 Å². The molecule has 2 amide bonds. The first kappa shape index (κ1) is 25.2. The smallest absolute Gasteiger partial charge is 0.257 e. The lowest BCUT2D eigenvalue weighted by Gasteiger charge is -2.36. The Morgan fingerprint density at radius 2 is 1.86 bits per heavy atom. The zero-order chi connectivity index (χ0) is 24.9. The van der Waals surface area contributed by atoms with Gasteiger partial charge in [-0.05, 0) is 61.9 Å². The molecule has 1 aliphatic heterocycles. The fourth-order valence-corrected chi connectivity index (χ4v) is 4.61. The molecule has 1 aliphatic carbocycles. The number of benzene rings is 2. The van der Waals surface area contributed by atoms with E-state index >= 15 is 0 Å². The highest BCUT2D eigenvalue weighted by atomic mass is 16.5. The molecular formula is C28H37N3O4. The van der Waals surface area contributed by atoms with Crippen LogP contribution in [0.1, 0.15) is 47.4 Å². The maximum absolute atomic E-state index is 13.5. The van der Waals surface area contributed by atoms with Crippen molar-refractivity contribution in [2.75, 3.05) is 45.7 Å². The fourth-order valence-electron chi connectivity index (χ4n) is 4.61. The number of nitrogens with zero attached hydrogens (tertiary/aromatic N) is 2. The van der Waals surface area contributed by atoms with Gasteiger partial charge < -0.3 is 19.7 Å². The number of methoxy groups -OCH3 is 1. The van der Waals surface area contributed by atoms with E-state index in [2.05, 4.69) is 24.1 Å². The number of fused-ring (bicyclic) bond motifs is 1. The van der Waals surface area contributed by atoms with Crippen LogP contribution in [0.4, 0.5) is 5.69 Å². The van der Waals surface area contributed by atoms with Crippen LogP contribution < -0.4 is 10.1 Å². The van der Waals surface area contributed by atoms with Crippen molar-refractivity contribution < 1.29 is 19.1 Å². The SMILES string of the molecule is CO[C@H]1CN(C)C(=O)c2cc(NC(=O)c3ccccc3)ccc2OC[C@@H](C)N(CC2CC2)C[C@H]1C. The summed E-state index contributed by atoms with van der Waals surface area (Å²) < 4.78 is 12.1. The third kappa shape index (κ3) is 6.41. The third-order valence-electron chi connectivity index (χ3n) is 7.06. The number of anilines is 1. The molecule has 0 aromatic heterocycles. The van der Waals surface area contributed by atoms with Gasteiger partial charge in [0.15, 0.2) is 0 Å². The first-order chi connectivity index (χ1) is 16.9. The molecular weight excluding hydrogens is 442 g/mol. The lowest BCUT2D eigenvalue weighted by Crippen LogP contribution is -2.47. The molecule has 1 N–H and O–H groups in total. The van der Waals surface area contributed by atoms with Crippen molar-refractivity contribution >= 4 is 17.5 Å². The predicted octanol–water partition coefficient (Wildman–Crippen LogP) is 4.15. The van der Waals surface area contributed by atoms with Crippen molar-refractivity contribution in [3.63, 3.8) is 0 Å². The van der Waals surface area contributed by atoms with Crippen molar-refractivity contribution in [2.24, 2.45) is 11.8 Å². The fraction of sp³-hybridized carbons (Fsp3) is 0.500. The summed E-state index contributed by atoms with van der Waals surface area (Å²) in [6, 6.07) is 14.5. The van der Waals surface area contributed by atoms with E-state index in [1.54, 1.807) is 49.4 Å². The Morgan fingerprint density at radius 3 is 2.54 bits per heavy atom. The molecule has 1 saturated carbocycles. The molecule has 35 heavy (non-hydrogen) atoms. The van der Waals surface area contributed by atoms with Crippen molar-refractivity contribution in [1.29, 1.82) is 0 Å². The minimum Gasteiger partial charge on any atom is -0.491 e. The van der Waals surface area contributed by atoms with E-state index in [1.165, 1.54) is 12.8 Å². The standard InChI is InChI=1S/C28H37N3O4/c1-19-15-31(16-21-10-11-21)20(2)18-35-25-13-12-23(29-27(32)22-8-6-5-7-9-22)14-24(25)28(33)30(3)17-26(19)34-4/h5-9,12-14,19-21,26H,10-11,15-18H2,1-4H3,(H,29,32)/t19-,20-,26+/m1/s1. The molecule has 1 fully saturated rings. The van der Waals surface area contributed by atoms with E-state index in [0.717, 1.165) is 19.0 Å². The molecule has 3 atom stereocenters. The molecule has 0 bridgehead atoms. The minimum atomic E-state index is -0.224. The second kappa shape index (κ2) is 11.2. The molecule has 188 valence electrons. The Bertz CT molecular complexity index is 1020. The average Bonchev–Trinajstić information content (AvgIpc) is 3.69. The summed E-state index contributed by atoms with van der Waals surface area (Å²) in [5, 5.41) is 2.90. The number of rotatable bonds is 5. The summed E-state index contributed by atoms with van der Waals surface area (Å²) >= 11 is 0. The van der Waals surface area contributed by atoms with Crippen molar-refractivity contribution in [1.82, 2.24) is 9.80 Å². The van der Waals surface area contributed by atoms with Gasteiger partial charge >= 0.3 is 0 Å². The molecule has 2 aliphatic rings.